The van der Waals surface area contributed by atoms with Gasteiger partial charge in [0.2, 0.25) is 0 Å². The average Bonchev–Trinajstić information content (AvgIpc) is 3.03. The molecule has 2 aliphatic heterocycles. The number of halogens is 2. The van der Waals surface area contributed by atoms with Crippen molar-refractivity contribution in [3.05, 3.63) is 57.6 Å². The van der Waals surface area contributed by atoms with Crippen molar-refractivity contribution in [3.8, 4) is 11.5 Å². The van der Waals surface area contributed by atoms with E-state index in [0.29, 0.717) is 28.9 Å². The Hall–Kier alpha value is -1.95. The molecule has 2 heterocycles. The highest BCUT2D eigenvalue weighted by atomic mass is 35.5. The van der Waals surface area contributed by atoms with Crippen LogP contribution in [0.1, 0.15) is 30.4 Å². The van der Waals surface area contributed by atoms with Crippen molar-refractivity contribution >= 4 is 29.2 Å². The maximum atomic E-state index is 10.9. The normalized spacial score (nSPS) is 21.0. The van der Waals surface area contributed by atoms with Gasteiger partial charge in [0.1, 0.15) is 18.1 Å². The van der Waals surface area contributed by atoms with Crippen LogP contribution in [0.4, 0.5) is 0 Å². The maximum Gasteiger partial charge on any atom is 0.304 e. The summed E-state index contributed by atoms with van der Waals surface area (Å²) in [7, 11) is 0. The minimum Gasteiger partial charge on any atom is -0.492 e. The summed E-state index contributed by atoms with van der Waals surface area (Å²) >= 11 is 12.4. The Morgan fingerprint density at radius 3 is 2.79 bits per heavy atom. The zero-order valence-corrected chi connectivity index (χ0v) is 17.5. The number of piperidine rings is 1. The fraction of sp³-hybridized carbons (Fsp3) is 0.409. The molecule has 29 heavy (non-hydrogen) atoms. The molecule has 2 aromatic rings. The van der Waals surface area contributed by atoms with E-state index in [1.165, 1.54) is 5.56 Å². The molecule has 0 bridgehead atoms. The molecule has 0 aromatic heterocycles. The molecule has 154 valence electrons. The number of hydrogen-bond donors (Lipinski definition) is 1. The van der Waals surface area contributed by atoms with Crippen molar-refractivity contribution in [2.75, 3.05) is 26.2 Å². The first-order chi connectivity index (χ1) is 14.0. The molecule has 0 saturated carbocycles. The minimum atomic E-state index is -0.756. The average molecular weight is 436 g/mol. The molecule has 7 heteroatoms. The van der Waals surface area contributed by atoms with E-state index in [9.17, 15) is 4.79 Å². The van der Waals surface area contributed by atoms with Gasteiger partial charge in [0.25, 0.3) is 0 Å². The summed E-state index contributed by atoms with van der Waals surface area (Å²) in [6.45, 7) is 3.23. The summed E-state index contributed by atoms with van der Waals surface area (Å²) in [5.74, 6) is 0.788. The zero-order chi connectivity index (χ0) is 20.4. The topological polar surface area (TPSA) is 59.0 Å². The lowest BCUT2D eigenvalue weighted by molar-refractivity contribution is -0.137. The summed E-state index contributed by atoms with van der Waals surface area (Å²) in [6.07, 6.45) is 2.24. The van der Waals surface area contributed by atoms with Gasteiger partial charge in [-0.15, -0.1) is 0 Å². The highest BCUT2D eigenvalue weighted by Crippen LogP contribution is 2.45. The lowest BCUT2D eigenvalue weighted by atomic mass is 9.75. The van der Waals surface area contributed by atoms with Crippen molar-refractivity contribution in [2.45, 2.75) is 31.3 Å². The number of likely N-dealkylation sites (tertiary alicyclic amines) is 1. The van der Waals surface area contributed by atoms with E-state index in [4.69, 9.17) is 37.8 Å². The fourth-order valence-corrected chi connectivity index (χ4v) is 4.79. The van der Waals surface area contributed by atoms with E-state index in [1.807, 2.05) is 12.1 Å². The van der Waals surface area contributed by atoms with Crippen LogP contribution in [0.3, 0.4) is 0 Å². The molecular formula is C22H23Cl2NO4. The quantitative estimate of drug-likeness (QED) is 0.707. The highest BCUT2D eigenvalue weighted by Gasteiger charge is 2.43. The van der Waals surface area contributed by atoms with Crippen molar-refractivity contribution in [1.82, 2.24) is 4.90 Å². The predicted octanol–water partition coefficient (Wildman–Crippen LogP) is 4.77. The van der Waals surface area contributed by atoms with Crippen LogP contribution in [-0.2, 0) is 16.8 Å². The van der Waals surface area contributed by atoms with Crippen LogP contribution in [0.2, 0.25) is 10.0 Å². The predicted molar refractivity (Wildman–Crippen MR) is 112 cm³/mol. The van der Waals surface area contributed by atoms with Crippen molar-refractivity contribution in [3.63, 3.8) is 0 Å². The summed E-state index contributed by atoms with van der Waals surface area (Å²) in [6, 6.07) is 11.3. The van der Waals surface area contributed by atoms with Gasteiger partial charge in [0.15, 0.2) is 0 Å². The number of nitrogens with zero attached hydrogens (tertiary/aromatic N) is 1. The number of fused-ring (bicyclic) bond motifs is 2. The minimum absolute atomic E-state index is 0.0728. The van der Waals surface area contributed by atoms with Crippen molar-refractivity contribution < 1.29 is 19.4 Å². The Bertz CT molecular complexity index is 899. The Balaban J connectivity index is 1.47. The third kappa shape index (κ3) is 4.32. The molecule has 0 aliphatic carbocycles. The van der Waals surface area contributed by atoms with Gasteiger partial charge in [0.05, 0.1) is 13.0 Å². The van der Waals surface area contributed by atoms with Crippen molar-refractivity contribution in [1.29, 1.82) is 0 Å². The largest absolute Gasteiger partial charge is 0.492 e. The molecule has 5 nitrogen and oxygen atoms in total. The molecule has 2 aromatic carbocycles. The molecule has 1 spiro atoms. The molecule has 0 radical (unpaired) electrons. The third-order valence-corrected chi connectivity index (χ3v) is 6.48. The summed E-state index contributed by atoms with van der Waals surface area (Å²) in [5.41, 5.74) is 1.87. The van der Waals surface area contributed by atoms with Crippen LogP contribution in [0.15, 0.2) is 36.4 Å². The van der Waals surface area contributed by atoms with E-state index >= 15 is 0 Å². The first kappa shape index (κ1) is 20.3. The number of benzene rings is 2. The molecule has 0 amide bonds. The third-order valence-electron chi connectivity index (χ3n) is 5.77. The lowest BCUT2D eigenvalue weighted by Gasteiger charge is -2.39. The number of aliphatic carboxylic acids is 1. The Labute approximate surface area is 180 Å². The first-order valence-electron chi connectivity index (χ1n) is 9.74. The molecular weight excluding hydrogens is 413 g/mol. The maximum absolute atomic E-state index is 10.9. The standard InChI is InChI=1S/C22H23Cl2NO4/c23-18-3-1-4-19(24)16(18)12-28-15-5-6-17-20(11-15)29-14-22(17)8-2-9-25(13-22)10-7-21(26)27/h1,3-6,11H,2,7-10,12-14H2,(H,26,27). The van der Waals surface area contributed by atoms with Crippen LogP contribution in [0.5, 0.6) is 11.5 Å². The summed E-state index contributed by atoms with van der Waals surface area (Å²) < 4.78 is 11.9. The van der Waals surface area contributed by atoms with Crippen molar-refractivity contribution in [2.24, 2.45) is 0 Å². The Morgan fingerprint density at radius 1 is 1.24 bits per heavy atom. The van der Waals surface area contributed by atoms with Gasteiger partial charge < -0.3 is 19.5 Å². The SMILES string of the molecule is O=C(O)CCN1CCCC2(COc3cc(OCc4c(Cl)cccc4Cl)ccc32)C1. The molecule has 2 aliphatic rings. The van der Waals surface area contributed by atoms with E-state index in [0.717, 1.165) is 37.2 Å². The lowest BCUT2D eigenvalue weighted by Crippen LogP contribution is -2.47. The molecule has 1 unspecified atom stereocenters. The Morgan fingerprint density at radius 2 is 2.03 bits per heavy atom. The van der Waals surface area contributed by atoms with E-state index in [1.54, 1.807) is 18.2 Å². The molecule has 1 atom stereocenters. The number of hydrogen-bond acceptors (Lipinski definition) is 4. The summed E-state index contributed by atoms with van der Waals surface area (Å²) in [5, 5.41) is 10.1. The van der Waals surface area contributed by atoms with Crippen LogP contribution in [0, 0.1) is 0 Å². The number of ether oxygens (including phenoxy) is 2. The molecule has 1 saturated heterocycles. The molecule has 4 rings (SSSR count). The van der Waals surface area contributed by atoms with Crippen LogP contribution in [0.25, 0.3) is 0 Å². The smallest absolute Gasteiger partial charge is 0.304 e. The van der Waals surface area contributed by atoms with Gasteiger partial charge in [-0.05, 0) is 37.6 Å². The number of rotatable bonds is 6. The number of carboxylic acids is 1. The second-order valence-corrected chi connectivity index (χ2v) is 8.55. The van der Waals surface area contributed by atoms with Crippen LogP contribution < -0.4 is 9.47 Å². The fourth-order valence-electron chi connectivity index (χ4n) is 4.28. The van der Waals surface area contributed by atoms with Gasteiger partial charge in [-0.25, -0.2) is 0 Å². The molecule has 1 N–H and O–H groups in total. The number of carboxylic acid groups (broad SMARTS) is 1. The van der Waals surface area contributed by atoms with Gasteiger partial charge in [-0.3, -0.25) is 4.79 Å². The highest BCUT2D eigenvalue weighted by molar-refractivity contribution is 6.35. The molecule has 1 fully saturated rings. The Kier molecular flexibility index (Phi) is 5.91. The first-order valence-corrected chi connectivity index (χ1v) is 10.5. The summed E-state index contributed by atoms with van der Waals surface area (Å²) in [4.78, 5) is 13.2. The van der Waals surface area contributed by atoms with E-state index in [2.05, 4.69) is 11.0 Å². The van der Waals surface area contributed by atoms with E-state index < -0.39 is 5.97 Å². The second-order valence-electron chi connectivity index (χ2n) is 7.74. The van der Waals surface area contributed by atoms with Gasteiger partial charge in [0, 0.05) is 45.7 Å². The second kappa shape index (κ2) is 8.42. The number of carbonyl (C=O) groups is 1. The van der Waals surface area contributed by atoms with Crippen LogP contribution >= 0.6 is 23.2 Å². The monoisotopic (exact) mass is 435 g/mol. The van der Waals surface area contributed by atoms with Gasteiger partial charge >= 0.3 is 5.97 Å². The van der Waals surface area contributed by atoms with Gasteiger partial charge in [-0.2, -0.15) is 0 Å². The van der Waals surface area contributed by atoms with Gasteiger partial charge in [-0.1, -0.05) is 35.3 Å². The van der Waals surface area contributed by atoms with E-state index in [-0.39, 0.29) is 18.4 Å². The van der Waals surface area contributed by atoms with Crippen LogP contribution in [-0.4, -0.2) is 42.2 Å². The zero-order valence-electron chi connectivity index (χ0n) is 16.0.